The van der Waals surface area contributed by atoms with Crippen LogP contribution in [-0.4, -0.2) is 28.4 Å². The van der Waals surface area contributed by atoms with Crippen molar-refractivity contribution in [1.82, 2.24) is 5.32 Å². The van der Waals surface area contributed by atoms with E-state index in [4.69, 9.17) is 39.5 Å². The summed E-state index contributed by atoms with van der Waals surface area (Å²) in [5.74, 6) is -0.706. The molecule has 0 saturated heterocycles. The molecule has 1 heterocycles. The second-order valence-electron chi connectivity index (χ2n) is 6.98. The molecule has 5 nitrogen and oxygen atoms in total. The van der Waals surface area contributed by atoms with Gasteiger partial charge in [0.15, 0.2) is 0 Å². The van der Waals surface area contributed by atoms with Gasteiger partial charge in [0.05, 0.1) is 18.6 Å². The number of hydrogen-bond acceptors (Lipinski definition) is 5. The minimum Gasteiger partial charge on any atom is -0.462 e. The molecule has 1 aromatic carbocycles. The predicted octanol–water partition coefficient (Wildman–Crippen LogP) is 5.27. The first-order valence-electron chi connectivity index (χ1n) is 9.77. The van der Waals surface area contributed by atoms with E-state index in [9.17, 15) is 9.59 Å². The van der Waals surface area contributed by atoms with E-state index in [1.54, 1.807) is 6.92 Å². The Bertz CT molecular complexity index is 897. The Balaban J connectivity index is 1.83. The van der Waals surface area contributed by atoms with E-state index >= 15 is 0 Å². The van der Waals surface area contributed by atoms with Gasteiger partial charge in [0.2, 0.25) is 9.70 Å². The van der Waals surface area contributed by atoms with Crippen LogP contribution < -0.4 is 10.6 Å². The maximum absolute atomic E-state index is 12.7. The third kappa shape index (κ3) is 5.82. The number of alkyl halides is 3. The molecule has 1 aliphatic rings. The number of hydrogen-bond donors (Lipinski definition) is 2. The summed E-state index contributed by atoms with van der Waals surface area (Å²) in [4.78, 5) is 26.3. The van der Waals surface area contributed by atoms with E-state index in [2.05, 4.69) is 10.6 Å². The van der Waals surface area contributed by atoms with Gasteiger partial charge in [0.25, 0.3) is 0 Å². The number of anilines is 1. The SMILES string of the molecule is CCOC(=O)c1c(N[C@@H](NC(=O)Cc2ccccc2)C(Cl)(Cl)Cl)sc2c1CCCC2. The monoisotopic (exact) mass is 488 g/mol. The van der Waals surface area contributed by atoms with Gasteiger partial charge in [0.1, 0.15) is 11.2 Å². The summed E-state index contributed by atoms with van der Waals surface area (Å²) in [6, 6.07) is 9.29. The van der Waals surface area contributed by atoms with Crippen molar-refractivity contribution in [3.8, 4) is 0 Å². The minimum atomic E-state index is -1.83. The molecule has 0 radical (unpaired) electrons. The number of carbonyl (C=O) groups is 2. The van der Waals surface area contributed by atoms with Crippen LogP contribution in [0.1, 0.15) is 46.1 Å². The maximum Gasteiger partial charge on any atom is 0.341 e. The van der Waals surface area contributed by atoms with Crippen molar-refractivity contribution >= 4 is 63.0 Å². The summed E-state index contributed by atoms with van der Waals surface area (Å²) in [5, 5.41) is 6.38. The van der Waals surface area contributed by atoms with E-state index < -0.39 is 15.9 Å². The average Bonchev–Trinajstić information content (AvgIpc) is 3.05. The van der Waals surface area contributed by atoms with E-state index in [0.717, 1.165) is 41.7 Å². The normalized spacial score (nSPS) is 14.5. The quantitative estimate of drug-likeness (QED) is 0.316. The van der Waals surface area contributed by atoms with Crippen molar-refractivity contribution in [2.45, 2.75) is 49.0 Å². The summed E-state index contributed by atoms with van der Waals surface area (Å²) in [7, 11) is 0. The van der Waals surface area contributed by atoms with Crippen LogP contribution in [0.4, 0.5) is 5.00 Å². The molecule has 2 N–H and O–H groups in total. The summed E-state index contributed by atoms with van der Waals surface area (Å²) < 4.78 is 3.43. The standard InChI is InChI=1S/C21H23Cl3N2O3S/c1-2-29-19(28)17-14-10-6-7-11-15(14)30-18(17)26-20(21(22,23)24)25-16(27)12-13-8-4-3-5-9-13/h3-5,8-9,20,26H,2,6-7,10-12H2,1H3,(H,25,27)/t20-/m1/s1. The largest absolute Gasteiger partial charge is 0.462 e. The number of rotatable bonds is 7. The predicted molar refractivity (Wildman–Crippen MR) is 123 cm³/mol. The number of nitrogens with one attached hydrogen (secondary N) is 2. The molecule has 1 amide bonds. The maximum atomic E-state index is 12.7. The molecule has 9 heteroatoms. The highest BCUT2D eigenvalue weighted by molar-refractivity contribution is 7.16. The molecule has 0 saturated carbocycles. The Morgan fingerprint density at radius 2 is 1.87 bits per heavy atom. The number of esters is 1. The lowest BCUT2D eigenvalue weighted by Gasteiger charge is -2.27. The van der Waals surface area contributed by atoms with Gasteiger partial charge in [0, 0.05) is 4.88 Å². The minimum absolute atomic E-state index is 0.144. The van der Waals surface area contributed by atoms with Crippen LogP contribution in [0.3, 0.4) is 0 Å². The summed E-state index contributed by atoms with van der Waals surface area (Å²) in [6.45, 7) is 2.03. The van der Waals surface area contributed by atoms with Gasteiger partial charge < -0.3 is 15.4 Å². The van der Waals surface area contributed by atoms with E-state index in [1.165, 1.54) is 11.3 Å². The Labute approximate surface area is 195 Å². The molecule has 1 aliphatic carbocycles. The van der Waals surface area contributed by atoms with Crippen molar-refractivity contribution < 1.29 is 14.3 Å². The number of carbonyl (C=O) groups excluding carboxylic acids is 2. The number of halogens is 3. The fourth-order valence-corrected chi connectivity index (χ4v) is 5.04. The van der Waals surface area contributed by atoms with Crippen molar-refractivity contribution in [2.75, 3.05) is 11.9 Å². The lowest BCUT2D eigenvalue weighted by Crippen LogP contribution is -2.49. The molecule has 0 bridgehead atoms. The molecule has 0 unspecified atom stereocenters. The highest BCUT2D eigenvalue weighted by Crippen LogP contribution is 2.40. The van der Waals surface area contributed by atoms with Crippen LogP contribution in [0.25, 0.3) is 0 Å². The first kappa shape index (κ1) is 23.2. The molecular weight excluding hydrogens is 467 g/mol. The molecular formula is C21H23Cl3N2O3S. The Kier molecular flexibility index (Phi) is 7.91. The molecule has 1 atom stereocenters. The van der Waals surface area contributed by atoms with Crippen molar-refractivity contribution in [3.63, 3.8) is 0 Å². The second kappa shape index (κ2) is 10.2. The van der Waals surface area contributed by atoms with Crippen LogP contribution in [-0.2, 0) is 28.8 Å². The Morgan fingerprint density at radius 1 is 1.17 bits per heavy atom. The van der Waals surface area contributed by atoms with Crippen LogP contribution in [0.5, 0.6) is 0 Å². The molecule has 0 aliphatic heterocycles. The average molecular weight is 490 g/mol. The van der Waals surface area contributed by atoms with Gasteiger partial charge in [-0.25, -0.2) is 4.79 Å². The van der Waals surface area contributed by atoms with Crippen molar-refractivity contribution in [3.05, 3.63) is 51.9 Å². The van der Waals surface area contributed by atoms with Crippen LogP contribution in [0, 0.1) is 0 Å². The third-order valence-electron chi connectivity index (χ3n) is 4.77. The van der Waals surface area contributed by atoms with E-state index in [-0.39, 0.29) is 18.9 Å². The molecule has 0 fully saturated rings. The number of ether oxygens (including phenoxy) is 1. The molecule has 1 aromatic heterocycles. The first-order valence-corrected chi connectivity index (χ1v) is 11.7. The number of thiophene rings is 1. The Morgan fingerprint density at radius 3 is 2.53 bits per heavy atom. The second-order valence-corrected chi connectivity index (χ2v) is 10.5. The van der Waals surface area contributed by atoms with E-state index in [0.29, 0.717) is 10.6 Å². The highest BCUT2D eigenvalue weighted by atomic mass is 35.6. The zero-order valence-corrected chi connectivity index (χ0v) is 19.6. The van der Waals surface area contributed by atoms with Crippen LogP contribution in [0.2, 0.25) is 0 Å². The molecule has 0 spiro atoms. The topological polar surface area (TPSA) is 67.4 Å². The van der Waals surface area contributed by atoms with Crippen molar-refractivity contribution in [2.24, 2.45) is 0 Å². The summed E-state index contributed by atoms with van der Waals surface area (Å²) in [6.07, 6.45) is 2.90. The van der Waals surface area contributed by atoms with Gasteiger partial charge in [-0.3, -0.25) is 4.79 Å². The van der Waals surface area contributed by atoms with E-state index in [1.807, 2.05) is 30.3 Å². The zero-order chi connectivity index (χ0) is 21.7. The molecule has 162 valence electrons. The fraction of sp³-hybridized carbons (Fsp3) is 0.429. The third-order valence-corrected chi connectivity index (χ3v) is 6.64. The lowest BCUT2D eigenvalue weighted by molar-refractivity contribution is -0.120. The highest BCUT2D eigenvalue weighted by Gasteiger charge is 2.36. The smallest absolute Gasteiger partial charge is 0.341 e. The summed E-state index contributed by atoms with van der Waals surface area (Å²) >= 11 is 19.9. The fourth-order valence-electron chi connectivity index (χ4n) is 3.41. The number of aryl methyl sites for hydroxylation is 1. The Hall–Kier alpha value is -1.47. The van der Waals surface area contributed by atoms with Crippen molar-refractivity contribution in [1.29, 1.82) is 0 Å². The molecule has 3 rings (SSSR count). The summed E-state index contributed by atoms with van der Waals surface area (Å²) in [5.41, 5.74) is 2.32. The van der Waals surface area contributed by atoms with Crippen LogP contribution >= 0.6 is 46.1 Å². The van der Waals surface area contributed by atoms with Crippen LogP contribution in [0.15, 0.2) is 30.3 Å². The number of benzene rings is 1. The van der Waals surface area contributed by atoms with Gasteiger partial charge in [-0.1, -0.05) is 65.1 Å². The van der Waals surface area contributed by atoms with Gasteiger partial charge in [-0.05, 0) is 43.7 Å². The molecule has 2 aromatic rings. The number of amides is 1. The first-order chi connectivity index (χ1) is 14.3. The number of fused-ring (bicyclic) bond motifs is 1. The van der Waals surface area contributed by atoms with Gasteiger partial charge >= 0.3 is 5.97 Å². The van der Waals surface area contributed by atoms with Gasteiger partial charge in [-0.15, -0.1) is 11.3 Å². The van der Waals surface area contributed by atoms with Gasteiger partial charge in [-0.2, -0.15) is 0 Å². The lowest BCUT2D eigenvalue weighted by atomic mass is 9.95. The zero-order valence-electron chi connectivity index (χ0n) is 16.5. The molecule has 30 heavy (non-hydrogen) atoms.